The number of amides is 1. The smallest absolute Gasteiger partial charge is 0.253 e. The van der Waals surface area contributed by atoms with Gasteiger partial charge in [0.1, 0.15) is 0 Å². The van der Waals surface area contributed by atoms with Crippen LogP contribution in [0.3, 0.4) is 0 Å². The number of hydrogen-bond acceptors (Lipinski definition) is 4. The third-order valence-electron chi connectivity index (χ3n) is 3.41. The Bertz CT molecular complexity index is 649. The number of nitrogens with zero attached hydrogens (tertiary/aromatic N) is 3. The first kappa shape index (κ1) is 16.2. The van der Waals surface area contributed by atoms with Gasteiger partial charge in [-0.25, -0.2) is 4.68 Å². The largest absolute Gasteiger partial charge is 0.394 e. The zero-order valence-corrected chi connectivity index (χ0v) is 13.0. The van der Waals surface area contributed by atoms with Crippen molar-refractivity contribution in [2.24, 2.45) is 0 Å². The first-order valence-corrected chi connectivity index (χ1v) is 7.10. The van der Waals surface area contributed by atoms with E-state index in [2.05, 4.69) is 5.10 Å². The molecule has 0 aliphatic rings. The van der Waals surface area contributed by atoms with E-state index in [1.165, 1.54) is 4.90 Å². The van der Waals surface area contributed by atoms with Crippen molar-refractivity contribution in [2.75, 3.05) is 20.2 Å². The lowest BCUT2D eigenvalue weighted by atomic mass is 10.1. The van der Waals surface area contributed by atoms with Crippen molar-refractivity contribution >= 4 is 5.91 Å². The Labute approximate surface area is 129 Å². The molecule has 1 aromatic heterocycles. The Hall–Kier alpha value is -2.18. The molecule has 2 aromatic rings. The molecule has 0 spiro atoms. The summed E-state index contributed by atoms with van der Waals surface area (Å²) in [5.74, 6) is -0.201. The van der Waals surface area contributed by atoms with E-state index in [1.807, 2.05) is 36.7 Å². The maximum Gasteiger partial charge on any atom is 0.253 e. The fourth-order valence-electron chi connectivity index (χ4n) is 2.31. The van der Waals surface area contributed by atoms with Gasteiger partial charge in [0, 0.05) is 24.8 Å². The summed E-state index contributed by atoms with van der Waals surface area (Å²) in [6, 6.07) is 9.13. The molecule has 1 aromatic carbocycles. The second-order valence-electron chi connectivity index (χ2n) is 5.41. The fraction of sp³-hybridized carbons (Fsp3) is 0.375. The van der Waals surface area contributed by atoms with E-state index in [0.29, 0.717) is 5.56 Å². The van der Waals surface area contributed by atoms with Gasteiger partial charge in [-0.05, 0) is 44.2 Å². The Balaban J connectivity index is 2.15. The number of aromatic nitrogens is 2. The van der Waals surface area contributed by atoms with E-state index >= 15 is 0 Å². The zero-order valence-electron chi connectivity index (χ0n) is 13.0. The average Bonchev–Trinajstić information content (AvgIpc) is 2.85. The van der Waals surface area contributed by atoms with Gasteiger partial charge in [-0.3, -0.25) is 4.79 Å². The molecule has 0 radical (unpaired) electrons. The van der Waals surface area contributed by atoms with Crippen molar-refractivity contribution in [1.82, 2.24) is 14.7 Å². The van der Waals surface area contributed by atoms with Crippen LogP contribution in [-0.4, -0.2) is 57.1 Å². The van der Waals surface area contributed by atoms with Crippen molar-refractivity contribution in [3.63, 3.8) is 0 Å². The average molecular weight is 303 g/mol. The maximum atomic E-state index is 12.2. The molecule has 0 saturated carbocycles. The Morgan fingerprint density at radius 2 is 1.95 bits per heavy atom. The van der Waals surface area contributed by atoms with Crippen LogP contribution >= 0.6 is 0 Å². The highest BCUT2D eigenvalue weighted by molar-refractivity contribution is 5.94. The van der Waals surface area contributed by atoms with Crippen LogP contribution in [0.25, 0.3) is 5.69 Å². The van der Waals surface area contributed by atoms with Gasteiger partial charge in [-0.15, -0.1) is 0 Å². The lowest BCUT2D eigenvalue weighted by Crippen LogP contribution is -2.35. The molecule has 0 saturated heterocycles. The van der Waals surface area contributed by atoms with E-state index in [1.54, 1.807) is 19.2 Å². The Morgan fingerprint density at radius 3 is 2.45 bits per heavy atom. The summed E-state index contributed by atoms with van der Waals surface area (Å²) in [4.78, 5) is 13.6. The van der Waals surface area contributed by atoms with Gasteiger partial charge in [0.15, 0.2) is 0 Å². The summed E-state index contributed by atoms with van der Waals surface area (Å²) >= 11 is 0. The normalized spacial score (nSPS) is 12.2. The molecular formula is C16H21N3O3. The van der Waals surface area contributed by atoms with E-state index in [0.717, 1.165) is 17.1 Å². The van der Waals surface area contributed by atoms with Crippen LogP contribution in [0.1, 0.15) is 21.7 Å². The van der Waals surface area contributed by atoms with Crippen LogP contribution in [0.4, 0.5) is 0 Å². The molecule has 2 N–H and O–H groups in total. The second-order valence-corrected chi connectivity index (χ2v) is 5.41. The lowest BCUT2D eigenvalue weighted by molar-refractivity contribution is 0.0520. The van der Waals surface area contributed by atoms with E-state index in [9.17, 15) is 9.90 Å². The number of carbonyl (C=O) groups is 1. The highest BCUT2D eigenvalue weighted by Crippen LogP contribution is 2.14. The number of benzene rings is 1. The molecular weight excluding hydrogens is 282 g/mol. The van der Waals surface area contributed by atoms with Gasteiger partial charge >= 0.3 is 0 Å². The molecule has 0 aliphatic carbocycles. The number of aryl methyl sites for hydroxylation is 2. The Kier molecular flexibility index (Phi) is 4.95. The summed E-state index contributed by atoms with van der Waals surface area (Å²) in [7, 11) is 1.59. The summed E-state index contributed by atoms with van der Waals surface area (Å²) in [5, 5.41) is 22.6. The minimum absolute atomic E-state index is 0.0918. The number of aliphatic hydroxyl groups is 2. The van der Waals surface area contributed by atoms with Gasteiger partial charge < -0.3 is 15.1 Å². The van der Waals surface area contributed by atoms with Gasteiger partial charge in [-0.2, -0.15) is 5.10 Å². The summed E-state index contributed by atoms with van der Waals surface area (Å²) in [6.45, 7) is 3.63. The minimum atomic E-state index is -0.928. The molecule has 1 heterocycles. The van der Waals surface area contributed by atoms with Crippen LogP contribution in [0.5, 0.6) is 0 Å². The molecule has 1 atom stereocenters. The molecule has 0 unspecified atom stereocenters. The summed E-state index contributed by atoms with van der Waals surface area (Å²) in [5.41, 5.74) is 3.38. The second kappa shape index (κ2) is 6.72. The van der Waals surface area contributed by atoms with Crippen molar-refractivity contribution in [1.29, 1.82) is 0 Å². The van der Waals surface area contributed by atoms with Gasteiger partial charge in [0.2, 0.25) is 0 Å². The van der Waals surface area contributed by atoms with Crippen molar-refractivity contribution in [3.8, 4) is 5.69 Å². The minimum Gasteiger partial charge on any atom is -0.394 e. The predicted molar refractivity (Wildman–Crippen MR) is 83.1 cm³/mol. The van der Waals surface area contributed by atoms with Crippen molar-refractivity contribution in [3.05, 3.63) is 47.3 Å². The van der Waals surface area contributed by atoms with E-state index in [4.69, 9.17) is 5.11 Å². The van der Waals surface area contributed by atoms with E-state index < -0.39 is 6.10 Å². The van der Waals surface area contributed by atoms with Crippen LogP contribution in [0.2, 0.25) is 0 Å². The predicted octanol–water partition coefficient (Wildman–Crippen LogP) is 0.914. The standard InChI is InChI=1S/C16H21N3O3/c1-11-8-12(2)19(17-11)14-6-4-13(5-7-14)16(22)18(3)9-15(21)10-20/h4-8,15,20-21H,9-10H2,1-3H3/t15-/m0/s1. The lowest BCUT2D eigenvalue weighted by Gasteiger charge is -2.19. The molecule has 6 heteroatoms. The molecule has 6 nitrogen and oxygen atoms in total. The summed E-state index contributed by atoms with van der Waals surface area (Å²) < 4.78 is 1.82. The van der Waals surface area contributed by atoms with Crippen LogP contribution in [-0.2, 0) is 0 Å². The fourth-order valence-corrected chi connectivity index (χ4v) is 2.31. The molecule has 2 rings (SSSR count). The quantitative estimate of drug-likeness (QED) is 0.861. The van der Waals surface area contributed by atoms with Crippen molar-refractivity contribution < 1.29 is 15.0 Å². The van der Waals surface area contributed by atoms with Crippen LogP contribution < -0.4 is 0 Å². The van der Waals surface area contributed by atoms with Gasteiger partial charge in [0.25, 0.3) is 5.91 Å². The number of aliphatic hydroxyl groups excluding tert-OH is 2. The number of hydrogen-bond donors (Lipinski definition) is 2. The first-order chi connectivity index (χ1) is 10.4. The van der Waals surface area contributed by atoms with E-state index in [-0.39, 0.29) is 19.1 Å². The highest BCUT2D eigenvalue weighted by Gasteiger charge is 2.15. The van der Waals surface area contributed by atoms with Gasteiger partial charge in [0.05, 0.1) is 24.1 Å². The Morgan fingerprint density at radius 1 is 1.32 bits per heavy atom. The maximum absolute atomic E-state index is 12.2. The number of carbonyl (C=O) groups excluding carboxylic acids is 1. The molecule has 118 valence electrons. The van der Waals surface area contributed by atoms with Gasteiger partial charge in [-0.1, -0.05) is 0 Å². The number of rotatable bonds is 5. The molecule has 0 fully saturated rings. The highest BCUT2D eigenvalue weighted by atomic mass is 16.3. The SMILES string of the molecule is Cc1cc(C)n(-c2ccc(C(=O)N(C)C[C@H](O)CO)cc2)n1. The third-order valence-corrected chi connectivity index (χ3v) is 3.41. The zero-order chi connectivity index (χ0) is 16.3. The van der Waals surface area contributed by atoms with Crippen LogP contribution in [0, 0.1) is 13.8 Å². The molecule has 0 aliphatic heterocycles. The summed E-state index contributed by atoms with van der Waals surface area (Å²) in [6.07, 6.45) is -0.928. The first-order valence-electron chi connectivity index (χ1n) is 7.10. The molecule has 0 bridgehead atoms. The molecule has 22 heavy (non-hydrogen) atoms. The van der Waals surface area contributed by atoms with Crippen LogP contribution in [0.15, 0.2) is 30.3 Å². The monoisotopic (exact) mass is 303 g/mol. The number of likely N-dealkylation sites (N-methyl/N-ethyl adjacent to an activating group) is 1. The third kappa shape index (κ3) is 3.52. The van der Waals surface area contributed by atoms with Crippen molar-refractivity contribution in [2.45, 2.75) is 20.0 Å². The molecule has 1 amide bonds. The topological polar surface area (TPSA) is 78.6 Å².